The number of likely N-dealkylation sites (tertiary alicyclic amines) is 1. The lowest BCUT2D eigenvalue weighted by atomic mass is 9.95. The van der Waals surface area contributed by atoms with Crippen LogP contribution in [0.1, 0.15) is 51.9 Å². The van der Waals surface area contributed by atoms with Crippen LogP contribution >= 0.6 is 0 Å². The first-order chi connectivity index (χ1) is 8.65. The van der Waals surface area contributed by atoms with Crippen molar-refractivity contribution in [1.29, 1.82) is 0 Å². The minimum atomic E-state index is 0.0450. The van der Waals surface area contributed by atoms with Crippen molar-refractivity contribution in [2.45, 2.75) is 70.0 Å². The zero-order valence-corrected chi connectivity index (χ0v) is 11.7. The lowest BCUT2D eigenvalue weighted by Crippen LogP contribution is -2.51. The summed E-state index contributed by atoms with van der Waals surface area (Å²) in [4.78, 5) is 14.3. The van der Waals surface area contributed by atoms with Crippen LogP contribution in [0.5, 0.6) is 0 Å². The molecule has 4 nitrogen and oxygen atoms in total. The molecule has 2 amide bonds. The van der Waals surface area contributed by atoms with E-state index in [1.165, 1.54) is 19.3 Å². The fraction of sp³-hybridized carbons (Fsp3) is 0.929. The van der Waals surface area contributed by atoms with Gasteiger partial charge in [-0.3, -0.25) is 0 Å². The van der Waals surface area contributed by atoms with E-state index < -0.39 is 0 Å². The fourth-order valence-corrected chi connectivity index (χ4v) is 3.08. The van der Waals surface area contributed by atoms with Gasteiger partial charge in [-0.25, -0.2) is 4.79 Å². The Labute approximate surface area is 110 Å². The van der Waals surface area contributed by atoms with Crippen LogP contribution in [-0.4, -0.2) is 42.6 Å². The Hall–Kier alpha value is -0.770. The molecule has 1 aliphatic carbocycles. The first-order valence-corrected chi connectivity index (χ1v) is 7.42. The van der Waals surface area contributed by atoms with E-state index in [1.54, 1.807) is 0 Å². The molecule has 1 aliphatic heterocycles. The molecular formula is C14H27N3O. The van der Waals surface area contributed by atoms with Gasteiger partial charge < -0.3 is 15.5 Å². The third-order valence-electron chi connectivity index (χ3n) is 4.48. The Morgan fingerprint density at radius 3 is 2.39 bits per heavy atom. The summed E-state index contributed by atoms with van der Waals surface area (Å²) in [5.41, 5.74) is 0. The second-order valence-corrected chi connectivity index (χ2v) is 6.00. The van der Waals surface area contributed by atoms with Crippen molar-refractivity contribution in [3.63, 3.8) is 0 Å². The highest BCUT2D eigenvalue weighted by molar-refractivity contribution is 5.74. The third-order valence-corrected chi connectivity index (χ3v) is 4.48. The number of urea groups is 1. The standard InChI is InChI=1S/C14H27N3O/c1-11-10-13(8-9-17(11)2)16-14(18)15-12-6-4-3-5-7-12/h11-13H,3-10H2,1-2H3,(H2,15,16,18). The second kappa shape index (κ2) is 6.41. The Kier molecular flexibility index (Phi) is 4.87. The number of carbonyl (C=O) groups excluding carboxylic acids is 1. The molecule has 0 spiro atoms. The van der Waals surface area contributed by atoms with Crippen molar-refractivity contribution in [2.24, 2.45) is 0 Å². The summed E-state index contributed by atoms with van der Waals surface area (Å²) in [5.74, 6) is 0. The minimum absolute atomic E-state index is 0.0450. The zero-order chi connectivity index (χ0) is 13.0. The van der Waals surface area contributed by atoms with Gasteiger partial charge in [-0.2, -0.15) is 0 Å². The van der Waals surface area contributed by atoms with E-state index in [-0.39, 0.29) is 6.03 Å². The van der Waals surface area contributed by atoms with E-state index in [0.29, 0.717) is 18.1 Å². The van der Waals surface area contributed by atoms with Crippen molar-refractivity contribution < 1.29 is 4.79 Å². The summed E-state index contributed by atoms with van der Waals surface area (Å²) >= 11 is 0. The first kappa shape index (κ1) is 13.7. The Balaban J connectivity index is 1.70. The van der Waals surface area contributed by atoms with E-state index in [0.717, 1.165) is 32.2 Å². The predicted molar refractivity (Wildman–Crippen MR) is 73.7 cm³/mol. The number of nitrogens with one attached hydrogen (secondary N) is 2. The highest BCUT2D eigenvalue weighted by atomic mass is 16.2. The molecule has 1 saturated heterocycles. The predicted octanol–water partition coefficient (Wildman–Crippen LogP) is 2.10. The third kappa shape index (κ3) is 3.87. The average molecular weight is 253 g/mol. The molecule has 104 valence electrons. The molecule has 2 fully saturated rings. The number of rotatable bonds is 2. The van der Waals surface area contributed by atoms with Crippen LogP contribution in [0, 0.1) is 0 Å². The molecule has 18 heavy (non-hydrogen) atoms. The monoisotopic (exact) mass is 253 g/mol. The van der Waals surface area contributed by atoms with Crippen LogP contribution in [0.3, 0.4) is 0 Å². The molecule has 2 rings (SSSR count). The normalized spacial score (nSPS) is 31.0. The molecule has 4 heteroatoms. The lowest BCUT2D eigenvalue weighted by molar-refractivity contribution is 0.166. The van der Waals surface area contributed by atoms with Crippen LogP contribution in [-0.2, 0) is 0 Å². The van der Waals surface area contributed by atoms with Gasteiger partial charge in [-0.15, -0.1) is 0 Å². The van der Waals surface area contributed by atoms with E-state index in [4.69, 9.17) is 0 Å². The number of hydrogen-bond acceptors (Lipinski definition) is 2. The number of carbonyl (C=O) groups is 1. The first-order valence-electron chi connectivity index (χ1n) is 7.42. The van der Waals surface area contributed by atoms with Gasteiger partial charge in [0.05, 0.1) is 0 Å². The van der Waals surface area contributed by atoms with Gasteiger partial charge in [0, 0.05) is 24.7 Å². The Bertz CT molecular complexity index is 276. The van der Waals surface area contributed by atoms with Crippen molar-refractivity contribution in [3.05, 3.63) is 0 Å². The quantitative estimate of drug-likeness (QED) is 0.791. The summed E-state index contributed by atoms with van der Waals surface area (Å²) in [7, 11) is 2.16. The smallest absolute Gasteiger partial charge is 0.315 e. The maximum atomic E-state index is 11.9. The fourth-order valence-electron chi connectivity index (χ4n) is 3.08. The number of piperidine rings is 1. The van der Waals surface area contributed by atoms with Crippen molar-refractivity contribution in [2.75, 3.05) is 13.6 Å². The highest BCUT2D eigenvalue weighted by Crippen LogP contribution is 2.18. The summed E-state index contributed by atoms with van der Waals surface area (Å²) in [6.07, 6.45) is 8.28. The summed E-state index contributed by atoms with van der Waals surface area (Å²) in [6, 6.07) is 1.37. The van der Waals surface area contributed by atoms with Crippen LogP contribution < -0.4 is 10.6 Å². The topological polar surface area (TPSA) is 44.4 Å². The number of nitrogens with zero attached hydrogens (tertiary/aromatic N) is 1. The van der Waals surface area contributed by atoms with Crippen LogP contribution in [0.4, 0.5) is 4.79 Å². The van der Waals surface area contributed by atoms with E-state index in [2.05, 4.69) is 29.5 Å². The Morgan fingerprint density at radius 1 is 1.06 bits per heavy atom. The van der Waals surface area contributed by atoms with Crippen molar-refractivity contribution in [3.8, 4) is 0 Å². The highest BCUT2D eigenvalue weighted by Gasteiger charge is 2.24. The lowest BCUT2D eigenvalue weighted by Gasteiger charge is -2.35. The maximum absolute atomic E-state index is 11.9. The van der Waals surface area contributed by atoms with Crippen LogP contribution in [0.2, 0.25) is 0 Å². The van der Waals surface area contributed by atoms with Gasteiger partial charge in [0.2, 0.25) is 0 Å². The molecule has 1 saturated carbocycles. The molecular weight excluding hydrogens is 226 g/mol. The zero-order valence-electron chi connectivity index (χ0n) is 11.7. The molecule has 1 heterocycles. The number of hydrogen-bond donors (Lipinski definition) is 2. The van der Waals surface area contributed by atoms with Gasteiger partial charge in [0.25, 0.3) is 0 Å². The average Bonchev–Trinajstić information content (AvgIpc) is 2.35. The van der Waals surface area contributed by atoms with E-state index in [9.17, 15) is 4.79 Å². The van der Waals surface area contributed by atoms with Crippen molar-refractivity contribution in [1.82, 2.24) is 15.5 Å². The number of amides is 2. The van der Waals surface area contributed by atoms with E-state index in [1.807, 2.05) is 0 Å². The molecule has 0 aromatic carbocycles. The summed E-state index contributed by atoms with van der Waals surface area (Å²) < 4.78 is 0. The SMILES string of the molecule is CC1CC(NC(=O)NC2CCCCC2)CCN1C. The van der Waals surface area contributed by atoms with Gasteiger partial charge in [0.1, 0.15) is 0 Å². The van der Waals surface area contributed by atoms with Gasteiger partial charge in [-0.05, 0) is 39.7 Å². The van der Waals surface area contributed by atoms with Gasteiger partial charge in [0.15, 0.2) is 0 Å². The largest absolute Gasteiger partial charge is 0.335 e. The maximum Gasteiger partial charge on any atom is 0.315 e. The molecule has 0 aromatic rings. The van der Waals surface area contributed by atoms with E-state index >= 15 is 0 Å². The van der Waals surface area contributed by atoms with Crippen LogP contribution in [0.25, 0.3) is 0 Å². The van der Waals surface area contributed by atoms with Gasteiger partial charge >= 0.3 is 6.03 Å². The molecule has 2 unspecified atom stereocenters. The molecule has 0 radical (unpaired) electrons. The molecule has 2 atom stereocenters. The van der Waals surface area contributed by atoms with Crippen molar-refractivity contribution >= 4 is 6.03 Å². The molecule has 2 N–H and O–H groups in total. The second-order valence-electron chi connectivity index (χ2n) is 6.00. The minimum Gasteiger partial charge on any atom is -0.335 e. The molecule has 0 bridgehead atoms. The Morgan fingerprint density at radius 2 is 1.72 bits per heavy atom. The van der Waals surface area contributed by atoms with Gasteiger partial charge in [-0.1, -0.05) is 19.3 Å². The van der Waals surface area contributed by atoms with Crippen LogP contribution in [0.15, 0.2) is 0 Å². The molecule has 2 aliphatic rings. The summed E-state index contributed by atoms with van der Waals surface area (Å²) in [6.45, 7) is 3.31. The summed E-state index contributed by atoms with van der Waals surface area (Å²) in [5, 5.41) is 6.27. The molecule has 0 aromatic heterocycles.